The van der Waals surface area contributed by atoms with Crippen molar-refractivity contribution < 1.29 is 14.3 Å². The summed E-state index contributed by atoms with van der Waals surface area (Å²) in [6, 6.07) is 12.2. The summed E-state index contributed by atoms with van der Waals surface area (Å²) >= 11 is 12.8. The molecule has 2 aromatic carbocycles. The van der Waals surface area contributed by atoms with E-state index in [0.29, 0.717) is 26.9 Å². The molecule has 0 radical (unpaired) electrons. The molecule has 2 amide bonds. The highest BCUT2D eigenvalue weighted by Gasteiger charge is 2.18. The summed E-state index contributed by atoms with van der Waals surface area (Å²) in [6.45, 7) is 0. The monoisotopic (exact) mass is 433 g/mol. The molecule has 0 unspecified atom stereocenters. The average molecular weight is 434 g/mol. The number of amides is 2. The van der Waals surface area contributed by atoms with Crippen LogP contribution in [0.15, 0.2) is 42.5 Å². The van der Waals surface area contributed by atoms with E-state index in [1.807, 2.05) is 12.1 Å². The van der Waals surface area contributed by atoms with Crippen LogP contribution in [0.1, 0.15) is 20.0 Å². The Hall–Kier alpha value is -2.68. The summed E-state index contributed by atoms with van der Waals surface area (Å²) in [5.41, 5.74) is 1.06. The number of carbonyl (C=O) groups excluding carboxylic acids is 2. The Morgan fingerprint density at radius 2 is 1.93 bits per heavy atom. The van der Waals surface area contributed by atoms with E-state index in [2.05, 4.69) is 16.0 Å². The predicted molar refractivity (Wildman–Crippen MR) is 117 cm³/mol. The molecule has 0 saturated carbocycles. The second-order valence-electron chi connectivity index (χ2n) is 5.68. The minimum atomic E-state index is -0.412. The first-order valence-corrected chi connectivity index (χ1v) is 9.73. The molecule has 1 heterocycles. The smallest absolute Gasteiger partial charge is 0.269 e. The van der Waals surface area contributed by atoms with Gasteiger partial charge in [0.05, 0.1) is 12.1 Å². The second-order valence-corrected chi connectivity index (χ2v) is 7.51. The van der Waals surface area contributed by atoms with Crippen LogP contribution in [0.4, 0.5) is 5.69 Å². The number of thiophene rings is 1. The molecule has 6 nitrogen and oxygen atoms in total. The van der Waals surface area contributed by atoms with E-state index in [0.717, 1.165) is 10.1 Å². The Bertz CT molecular complexity index is 1080. The fourth-order valence-electron chi connectivity index (χ4n) is 2.52. The van der Waals surface area contributed by atoms with Crippen molar-refractivity contribution >= 4 is 67.9 Å². The van der Waals surface area contributed by atoms with Crippen LogP contribution in [0.5, 0.6) is 5.75 Å². The van der Waals surface area contributed by atoms with E-state index < -0.39 is 5.91 Å². The molecule has 3 aromatic rings. The van der Waals surface area contributed by atoms with Crippen LogP contribution in [0, 0.1) is 0 Å². The van der Waals surface area contributed by atoms with E-state index in [1.165, 1.54) is 11.3 Å². The zero-order valence-electron chi connectivity index (χ0n) is 15.0. The van der Waals surface area contributed by atoms with E-state index in [1.54, 1.807) is 44.5 Å². The predicted octanol–water partition coefficient (Wildman–Crippen LogP) is 4.05. The molecule has 0 aliphatic heterocycles. The van der Waals surface area contributed by atoms with Crippen LogP contribution in [0.25, 0.3) is 10.1 Å². The Labute approximate surface area is 175 Å². The lowest BCUT2D eigenvalue weighted by Crippen LogP contribution is -2.33. The molecule has 0 atom stereocenters. The number of nitrogens with one attached hydrogen (secondary N) is 3. The molecule has 0 aliphatic rings. The lowest BCUT2D eigenvalue weighted by atomic mass is 10.2. The van der Waals surface area contributed by atoms with Gasteiger partial charge in [0.1, 0.15) is 10.6 Å². The zero-order chi connectivity index (χ0) is 20.3. The lowest BCUT2D eigenvalue weighted by molar-refractivity contribution is 0.0960. The van der Waals surface area contributed by atoms with Gasteiger partial charge in [0, 0.05) is 28.4 Å². The first-order chi connectivity index (χ1) is 13.4. The molecule has 9 heteroatoms. The van der Waals surface area contributed by atoms with E-state index in [4.69, 9.17) is 28.6 Å². The van der Waals surface area contributed by atoms with Gasteiger partial charge in [-0.3, -0.25) is 14.9 Å². The molecule has 3 rings (SSSR count). The third kappa shape index (κ3) is 4.24. The third-order valence-electron chi connectivity index (χ3n) is 3.88. The Balaban J connectivity index is 1.74. The molecule has 1 aromatic heterocycles. The Morgan fingerprint density at radius 1 is 1.14 bits per heavy atom. The summed E-state index contributed by atoms with van der Waals surface area (Å²) in [5, 5.41) is 9.30. The van der Waals surface area contributed by atoms with Crippen molar-refractivity contribution in [3.05, 3.63) is 57.9 Å². The van der Waals surface area contributed by atoms with Crippen LogP contribution < -0.4 is 20.7 Å². The fourth-order valence-corrected chi connectivity index (χ4v) is 4.17. The maximum atomic E-state index is 12.6. The van der Waals surface area contributed by atoms with Gasteiger partial charge in [0.2, 0.25) is 0 Å². The fraction of sp³-hybridized carbons (Fsp3) is 0.105. The maximum Gasteiger partial charge on any atom is 0.269 e. The number of halogens is 1. The standard InChI is InChI=1S/C19H16ClN3O3S2/c1-21-17(24)10-4-3-5-11(8-10)22-19(27)23-18(25)16-15(20)13-7-6-12(26-2)9-14(13)28-16/h3-9H,1-2H3,(H,21,24)(H2,22,23,25,27). The molecular formula is C19H16ClN3O3S2. The van der Waals surface area contributed by atoms with Gasteiger partial charge in [-0.25, -0.2) is 0 Å². The van der Waals surface area contributed by atoms with Crippen LogP contribution in [0.3, 0.4) is 0 Å². The summed E-state index contributed by atoms with van der Waals surface area (Å²) in [6.07, 6.45) is 0. The molecule has 28 heavy (non-hydrogen) atoms. The minimum absolute atomic E-state index is 0.102. The van der Waals surface area contributed by atoms with Crippen LogP contribution in [-0.4, -0.2) is 31.1 Å². The van der Waals surface area contributed by atoms with Gasteiger partial charge in [-0.05, 0) is 48.6 Å². The number of benzene rings is 2. The third-order valence-corrected chi connectivity index (χ3v) is 5.74. The van der Waals surface area contributed by atoms with Gasteiger partial charge in [-0.15, -0.1) is 11.3 Å². The van der Waals surface area contributed by atoms with Crippen LogP contribution in [0.2, 0.25) is 5.02 Å². The van der Waals surface area contributed by atoms with Crippen molar-refractivity contribution in [1.82, 2.24) is 10.6 Å². The highest BCUT2D eigenvalue weighted by atomic mass is 35.5. The van der Waals surface area contributed by atoms with Crippen molar-refractivity contribution in [2.45, 2.75) is 0 Å². The highest BCUT2D eigenvalue weighted by Crippen LogP contribution is 2.37. The molecular weight excluding hydrogens is 418 g/mol. The number of anilines is 1. The first kappa shape index (κ1) is 20.1. The summed E-state index contributed by atoms with van der Waals surface area (Å²) in [4.78, 5) is 24.7. The second kappa shape index (κ2) is 8.55. The summed E-state index contributed by atoms with van der Waals surface area (Å²) in [5.74, 6) is 0.0572. The molecule has 0 bridgehead atoms. The quantitative estimate of drug-likeness (QED) is 0.541. The van der Waals surface area contributed by atoms with E-state index >= 15 is 0 Å². The number of fused-ring (bicyclic) bond motifs is 1. The van der Waals surface area contributed by atoms with Gasteiger partial charge < -0.3 is 15.4 Å². The molecule has 0 aliphatic carbocycles. The van der Waals surface area contributed by atoms with Crippen molar-refractivity contribution in [2.24, 2.45) is 0 Å². The van der Waals surface area contributed by atoms with E-state index in [9.17, 15) is 9.59 Å². The molecule has 3 N–H and O–H groups in total. The first-order valence-electron chi connectivity index (χ1n) is 8.13. The van der Waals surface area contributed by atoms with Crippen LogP contribution in [-0.2, 0) is 0 Å². The lowest BCUT2D eigenvalue weighted by Gasteiger charge is -2.10. The van der Waals surface area contributed by atoms with Gasteiger partial charge in [0.15, 0.2) is 5.11 Å². The SMILES string of the molecule is CNC(=O)c1cccc(NC(=S)NC(=O)c2sc3cc(OC)ccc3c2Cl)c1. The molecule has 0 saturated heterocycles. The molecule has 144 valence electrons. The number of rotatable bonds is 4. The number of hydrogen-bond acceptors (Lipinski definition) is 5. The number of thiocarbonyl (C=S) groups is 1. The van der Waals surface area contributed by atoms with Gasteiger partial charge in [-0.2, -0.15) is 0 Å². The molecule has 0 fully saturated rings. The van der Waals surface area contributed by atoms with E-state index in [-0.39, 0.29) is 11.0 Å². The number of carbonyl (C=O) groups is 2. The van der Waals surface area contributed by atoms with Crippen molar-refractivity contribution in [3.63, 3.8) is 0 Å². The highest BCUT2D eigenvalue weighted by molar-refractivity contribution is 7.80. The van der Waals surface area contributed by atoms with Gasteiger partial charge >= 0.3 is 0 Å². The normalized spacial score (nSPS) is 10.4. The van der Waals surface area contributed by atoms with Crippen LogP contribution >= 0.6 is 35.2 Å². The summed E-state index contributed by atoms with van der Waals surface area (Å²) in [7, 11) is 3.13. The minimum Gasteiger partial charge on any atom is -0.497 e. The maximum absolute atomic E-state index is 12.6. The van der Waals surface area contributed by atoms with Crippen molar-refractivity contribution in [2.75, 3.05) is 19.5 Å². The molecule has 0 spiro atoms. The van der Waals surface area contributed by atoms with Gasteiger partial charge in [0.25, 0.3) is 11.8 Å². The van der Waals surface area contributed by atoms with Crippen molar-refractivity contribution in [1.29, 1.82) is 0 Å². The number of ether oxygens (including phenoxy) is 1. The number of hydrogen-bond donors (Lipinski definition) is 3. The summed E-state index contributed by atoms with van der Waals surface area (Å²) < 4.78 is 6.04. The topological polar surface area (TPSA) is 79.5 Å². The number of methoxy groups -OCH3 is 1. The Morgan fingerprint density at radius 3 is 2.64 bits per heavy atom. The zero-order valence-corrected chi connectivity index (χ0v) is 17.3. The van der Waals surface area contributed by atoms with Gasteiger partial charge in [-0.1, -0.05) is 17.7 Å². The Kier molecular flexibility index (Phi) is 6.13. The van der Waals surface area contributed by atoms with Crippen molar-refractivity contribution in [3.8, 4) is 5.75 Å². The largest absolute Gasteiger partial charge is 0.497 e. The average Bonchev–Trinajstić information content (AvgIpc) is 3.03.